The molecule has 1 heterocycles. The lowest BCUT2D eigenvalue weighted by molar-refractivity contribution is 0.202. The first-order valence-electron chi connectivity index (χ1n) is 5.47. The fourth-order valence-electron chi connectivity index (χ4n) is 1.62. The Kier molecular flexibility index (Phi) is 4.77. The van der Waals surface area contributed by atoms with Gasteiger partial charge >= 0.3 is 0 Å². The number of aliphatic hydroxyl groups is 1. The molecule has 0 amide bonds. The number of aliphatic hydroxyl groups excluding tert-OH is 1. The van der Waals surface area contributed by atoms with Crippen molar-refractivity contribution in [2.45, 2.75) is 39.8 Å². The standard InChI is InChI=1S/C12H21NOS/c1-8-5-6-15-12(8)11(4)13-10(3)9(2)7-14/h5-6,9-11,13-14H,7H2,1-4H3. The minimum Gasteiger partial charge on any atom is -0.396 e. The Morgan fingerprint density at radius 3 is 2.53 bits per heavy atom. The van der Waals surface area contributed by atoms with Crippen molar-refractivity contribution in [2.24, 2.45) is 5.92 Å². The summed E-state index contributed by atoms with van der Waals surface area (Å²) in [5.41, 5.74) is 1.35. The molecule has 0 radical (unpaired) electrons. The molecule has 2 N–H and O–H groups in total. The van der Waals surface area contributed by atoms with Gasteiger partial charge in [-0.25, -0.2) is 0 Å². The summed E-state index contributed by atoms with van der Waals surface area (Å²) in [5, 5.41) is 14.7. The van der Waals surface area contributed by atoms with E-state index in [0.717, 1.165) is 0 Å². The van der Waals surface area contributed by atoms with Gasteiger partial charge in [-0.3, -0.25) is 0 Å². The zero-order valence-corrected chi connectivity index (χ0v) is 10.8. The van der Waals surface area contributed by atoms with E-state index in [4.69, 9.17) is 5.11 Å². The Balaban J connectivity index is 2.56. The quantitative estimate of drug-likeness (QED) is 0.810. The molecule has 1 rings (SSSR count). The van der Waals surface area contributed by atoms with Gasteiger partial charge in [0.05, 0.1) is 0 Å². The SMILES string of the molecule is Cc1ccsc1C(C)NC(C)C(C)CO. The van der Waals surface area contributed by atoms with Crippen LogP contribution in [0.15, 0.2) is 11.4 Å². The predicted octanol–water partition coefficient (Wildman–Crippen LogP) is 2.72. The summed E-state index contributed by atoms with van der Waals surface area (Å²) < 4.78 is 0. The molecule has 0 spiro atoms. The van der Waals surface area contributed by atoms with Crippen LogP contribution in [0.5, 0.6) is 0 Å². The van der Waals surface area contributed by atoms with Gasteiger partial charge in [-0.05, 0) is 43.7 Å². The van der Waals surface area contributed by atoms with Crippen molar-refractivity contribution in [1.82, 2.24) is 5.32 Å². The van der Waals surface area contributed by atoms with Crippen molar-refractivity contribution >= 4 is 11.3 Å². The first kappa shape index (κ1) is 12.7. The van der Waals surface area contributed by atoms with E-state index < -0.39 is 0 Å². The summed E-state index contributed by atoms with van der Waals surface area (Å²) in [5.74, 6) is 0.299. The monoisotopic (exact) mass is 227 g/mol. The summed E-state index contributed by atoms with van der Waals surface area (Å²) in [6, 6.07) is 2.86. The molecule has 0 saturated carbocycles. The molecule has 0 aliphatic heterocycles. The Labute approximate surface area is 96.3 Å². The summed E-state index contributed by atoms with van der Waals surface area (Å²) in [4.78, 5) is 1.40. The maximum Gasteiger partial charge on any atom is 0.0471 e. The van der Waals surface area contributed by atoms with Crippen molar-refractivity contribution in [3.05, 3.63) is 21.9 Å². The molecule has 3 atom stereocenters. The normalized spacial score (nSPS) is 17.4. The number of thiophene rings is 1. The first-order chi connectivity index (χ1) is 7.06. The number of aryl methyl sites for hydroxylation is 1. The predicted molar refractivity (Wildman–Crippen MR) is 66.3 cm³/mol. The Hall–Kier alpha value is -0.380. The third-order valence-electron chi connectivity index (χ3n) is 2.95. The molecule has 2 nitrogen and oxygen atoms in total. The Morgan fingerprint density at radius 2 is 2.07 bits per heavy atom. The van der Waals surface area contributed by atoms with Crippen LogP contribution in [-0.4, -0.2) is 17.8 Å². The van der Waals surface area contributed by atoms with Crippen LogP contribution in [0, 0.1) is 12.8 Å². The van der Waals surface area contributed by atoms with Crippen LogP contribution in [0.1, 0.15) is 37.3 Å². The maximum atomic E-state index is 9.07. The molecular weight excluding hydrogens is 206 g/mol. The fraction of sp³-hybridized carbons (Fsp3) is 0.667. The van der Waals surface area contributed by atoms with E-state index in [1.54, 1.807) is 11.3 Å². The van der Waals surface area contributed by atoms with Crippen molar-refractivity contribution in [2.75, 3.05) is 6.61 Å². The maximum absolute atomic E-state index is 9.07. The summed E-state index contributed by atoms with van der Waals surface area (Å²) in [6.45, 7) is 8.75. The van der Waals surface area contributed by atoms with E-state index in [2.05, 4.69) is 44.5 Å². The second-order valence-corrected chi connectivity index (χ2v) is 5.25. The van der Waals surface area contributed by atoms with Gasteiger partial charge in [0.25, 0.3) is 0 Å². The highest BCUT2D eigenvalue weighted by atomic mass is 32.1. The molecule has 0 aliphatic rings. The molecule has 15 heavy (non-hydrogen) atoms. The van der Waals surface area contributed by atoms with Gasteiger partial charge < -0.3 is 10.4 Å². The number of rotatable bonds is 5. The molecule has 0 aliphatic carbocycles. The Morgan fingerprint density at radius 1 is 1.40 bits per heavy atom. The lowest BCUT2D eigenvalue weighted by atomic mass is 10.0. The van der Waals surface area contributed by atoms with Crippen LogP contribution >= 0.6 is 11.3 Å². The fourth-order valence-corrected chi connectivity index (χ4v) is 2.57. The molecule has 3 unspecified atom stereocenters. The van der Waals surface area contributed by atoms with E-state index in [9.17, 15) is 0 Å². The molecule has 86 valence electrons. The minimum absolute atomic E-state index is 0.240. The zero-order valence-electron chi connectivity index (χ0n) is 9.95. The van der Waals surface area contributed by atoms with Crippen LogP contribution in [0.2, 0.25) is 0 Å². The van der Waals surface area contributed by atoms with E-state index in [1.807, 2.05) is 0 Å². The largest absolute Gasteiger partial charge is 0.396 e. The van der Waals surface area contributed by atoms with Crippen LogP contribution in [0.25, 0.3) is 0 Å². The average molecular weight is 227 g/mol. The highest BCUT2D eigenvalue weighted by Gasteiger charge is 2.16. The summed E-state index contributed by atoms with van der Waals surface area (Å²) >= 11 is 1.79. The van der Waals surface area contributed by atoms with Gasteiger partial charge in [0.15, 0.2) is 0 Å². The van der Waals surface area contributed by atoms with Crippen molar-refractivity contribution in [3.63, 3.8) is 0 Å². The van der Waals surface area contributed by atoms with Crippen LogP contribution in [0.3, 0.4) is 0 Å². The van der Waals surface area contributed by atoms with Gasteiger partial charge in [0.1, 0.15) is 0 Å². The molecule has 0 bridgehead atoms. The molecular formula is C12H21NOS. The molecule has 0 fully saturated rings. The lowest BCUT2D eigenvalue weighted by Crippen LogP contribution is -2.35. The molecule has 0 aromatic carbocycles. The molecule has 3 heteroatoms. The van der Waals surface area contributed by atoms with E-state index >= 15 is 0 Å². The molecule has 1 aromatic heterocycles. The lowest BCUT2D eigenvalue weighted by Gasteiger charge is -2.24. The van der Waals surface area contributed by atoms with Crippen LogP contribution in [-0.2, 0) is 0 Å². The molecule has 1 aromatic rings. The van der Waals surface area contributed by atoms with Gasteiger partial charge in [-0.2, -0.15) is 0 Å². The smallest absolute Gasteiger partial charge is 0.0471 e. The summed E-state index contributed by atoms with van der Waals surface area (Å²) in [7, 11) is 0. The number of nitrogens with one attached hydrogen (secondary N) is 1. The zero-order chi connectivity index (χ0) is 11.4. The second-order valence-electron chi connectivity index (χ2n) is 4.30. The van der Waals surface area contributed by atoms with E-state index in [-0.39, 0.29) is 6.61 Å². The summed E-state index contributed by atoms with van der Waals surface area (Å²) in [6.07, 6.45) is 0. The minimum atomic E-state index is 0.240. The van der Waals surface area contributed by atoms with Crippen LogP contribution in [0.4, 0.5) is 0 Å². The number of hydrogen-bond acceptors (Lipinski definition) is 3. The second kappa shape index (κ2) is 5.64. The van der Waals surface area contributed by atoms with Crippen LogP contribution < -0.4 is 5.32 Å². The third-order valence-corrected chi connectivity index (χ3v) is 4.15. The third kappa shape index (κ3) is 3.30. The van der Waals surface area contributed by atoms with Crippen molar-refractivity contribution < 1.29 is 5.11 Å². The van der Waals surface area contributed by atoms with Gasteiger partial charge in [0.2, 0.25) is 0 Å². The van der Waals surface area contributed by atoms with Gasteiger partial charge in [-0.15, -0.1) is 11.3 Å². The first-order valence-corrected chi connectivity index (χ1v) is 6.35. The highest BCUT2D eigenvalue weighted by molar-refractivity contribution is 7.10. The van der Waals surface area contributed by atoms with E-state index in [1.165, 1.54) is 10.4 Å². The molecule has 0 saturated heterocycles. The highest BCUT2D eigenvalue weighted by Crippen LogP contribution is 2.24. The van der Waals surface area contributed by atoms with Gasteiger partial charge in [-0.1, -0.05) is 6.92 Å². The van der Waals surface area contributed by atoms with Gasteiger partial charge in [0, 0.05) is 23.6 Å². The topological polar surface area (TPSA) is 32.3 Å². The number of hydrogen-bond donors (Lipinski definition) is 2. The average Bonchev–Trinajstić information content (AvgIpc) is 2.63. The van der Waals surface area contributed by atoms with Crippen molar-refractivity contribution in [3.8, 4) is 0 Å². The Bertz CT molecular complexity index is 298. The van der Waals surface area contributed by atoms with Crippen molar-refractivity contribution in [1.29, 1.82) is 0 Å². The van der Waals surface area contributed by atoms with E-state index in [0.29, 0.717) is 18.0 Å².